The highest BCUT2D eigenvalue weighted by Crippen LogP contribution is 2.29. The van der Waals surface area contributed by atoms with Crippen molar-refractivity contribution in [3.8, 4) is 0 Å². The average Bonchev–Trinajstić information content (AvgIpc) is 2.63. The second-order valence-electron chi connectivity index (χ2n) is 5.94. The molecule has 2 aromatic carbocycles. The Morgan fingerprint density at radius 3 is 2.04 bits per heavy atom. The van der Waals surface area contributed by atoms with E-state index in [1.54, 1.807) is 13.0 Å². The van der Waals surface area contributed by atoms with Gasteiger partial charge in [-0.1, -0.05) is 65.8 Å². The summed E-state index contributed by atoms with van der Waals surface area (Å²) >= 11 is 0. The third-order valence-electron chi connectivity index (χ3n) is 4.18. The van der Waals surface area contributed by atoms with Crippen molar-refractivity contribution < 1.29 is 9.60 Å². The van der Waals surface area contributed by atoms with Crippen molar-refractivity contribution in [3.63, 3.8) is 0 Å². The molecule has 0 aliphatic rings. The molecule has 3 aromatic rings. The van der Waals surface area contributed by atoms with Crippen LogP contribution in [0.3, 0.4) is 0 Å². The van der Waals surface area contributed by atoms with Crippen molar-refractivity contribution in [3.05, 3.63) is 101 Å². The molecule has 0 radical (unpaired) electrons. The quantitative estimate of drug-likeness (QED) is 0.311. The minimum Gasteiger partial charge on any atom is -0.411 e. The highest BCUT2D eigenvalue weighted by atomic mass is 19.1. The molecule has 1 heterocycles. The lowest BCUT2D eigenvalue weighted by Crippen LogP contribution is -2.11. The van der Waals surface area contributed by atoms with Crippen LogP contribution in [0.5, 0.6) is 0 Å². The fourth-order valence-corrected chi connectivity index (χ4v) is 3.00. The van der Waals surface area contributed by atoms with Crippen LogP contribution < -0.4 is 0 Å². The van der Waals surface area contributed by atoms with Gasteiger partial charge in [0.25, 0.3) is 0 Å². The number of aromatic nitrogens is 1. The molecule has 0 amide bonds. The van der Waals surface area contributed by atoms with Crippen molar-refractivity contribution in [1.29, 1.82) is 0 Å². The lowest BCUT2D eigenvalue weighted by Gasteiger charge is -2.19. The average molecular weight is 334 g/mol. The molecule has 3 rings (SSSR count). The monoisotopic (exact) mass is 334 g/mol. The zero-order valence-corrected chi connectivity index (χ0v) is 13.9. The molecular formula is C21H19FN2O. The van der Waals surface area contributed by atoms with E-state index < -0.39 is 5.95 Å². The van der Waals surface area contributed by atoms with Gasteiger partial charge >= 0.3 is 0 Å². The van der Waals surface area contributed by atoms with Crippen molar-refractivity contribution in [2.45, 2.75) is 19.3 Å². The van der Waals surface area contributed by atoms with Gasteiger partial charge in [-0.15, -0.1) is 0 Å². The van der Waals surface area contributed by atoms with Gasteiger partial charge < -0.3 is 5.21 Å². The molecule has 0 bridgehead atoms. The fraction of sp³-hybridized carbons (Fsp3) is 0.143. The van der Waals surface area contributed by atoms with Crippen LogP contribution in [0, 0.1) is 12.9 Å². The first-order chi connectivity index (χ1) is 12.2. The highest BCUT2D eigenvalue weighted by Gasteiger charge is 2.19. The Kier molecular flexibility index (Phi) is 5.19. The van der Waals surface area contributed by atoms with Gasteiger partial charge in [0.15, 0.2) is 0 Å². The molecule has 0 fully saturated rings. The second-order valence-corrected chi connectivity index (χ2v) is 5.94. The van der Waals surface area contributed by atoms with Crippen LogP contribution in [-0.4, -0.2) is 15.9 Å². The maximum atomic E-state index is 13.7. The third kappa shape index (κ3) is 4.10. The summed E-state index contributed by atoms with van der Waals surface area (Å²) in [4.78, 5) is 3.74. The maximum Gasteiger partial charge on any atom is 0.213 e. The summed E-state index contributed by atoms with van der Waals surface area (Å²) in [6.45, 7) is 1.72. The summed E-state index contributed by atoms with van der Waals surface area (Å²) in [7, 11) is 0. The second kappa shape index (κ2) is 7.71. The van der Waals surface area contributed by atoms with Crippen molar-refractivity contribution in [2.75, 3.05) is 0 Å². The molecule has 3 nitrogen and oxygen atoms in total. The van der Waals surface area contributed by atoms with E-state index in [2.05, 4.69) is 10.1 Å². The Hall–Kier alpha value is -3.01. The first-order valence-electron chi connectivity index (χ1n) is 8.13. The SMILES string of the molecule is Cc1cc(/C(CC(c2ccccc2)c2ccccc2)=N/O)cc(F)n1. The molecule has 4 heteroatoms. The number of benzene rings is 2. The van der Waals surface area contributed by atoms with Crippen LogP contribution in [0.25, 0.3) is 0 Å². The van der Waals surface area contributed by atoms with E-state index in [1.807, 2.05) is 60.7 Å². The molecule has 126 valence electrons. The smallest absolute Gasteiger partial charge is 0.213 e. The van der Waals surface area contributed by atoms with E-state index in [1.165, 1.54) is 6.07 Å². The summed E-state index contributed by atoms with van der Waals surface area (Å²) in [6.07, 6.45) is 0.452. The van der Waals surface area contributed by atoms with Crippen molar-refractivity contribution in [1.82, 2.24) is 4.98 Å². The number of hydrogen-bond acceptors (Lipinski definition) is 3. The van der Waals surface area contributed by atoms with E-state index in [4.69, 9.17) is 0 Å². The van der Waals surface area contributed by atoms with Crippen LogP contribution in [0.15, 0.2) is 78.0 Å². The Balaban J connectivity index is 1.99. The number of oxime groups is 1. The van der Waals surface area contributed by atoms with E-state index in [0.29, 0.717) is 23.4 Å². The molecule has 1 aromatic heterocycles. The number of halogens is 1. The van der Waals surface area contributed by atoms with Crippen LogP contribution >= 0.6 is 0 Å². The normalized spacial score (nSPS) is 11.7. The topological polar surface area (TPSA) is 45.5 Å². The number of hydrogen-bond donors (Lipinski definition) is 1. The Labute approximate surface area is 146 Å². The number of nitrogens with zero attached hydrogens (tertiary/aromatic N) is 2. The Morgan fingerprint density at radius 1 is 1.00 bits per heavy atom. The standard InChI is InChI=1S/C21H19FN2O/c1-15-12-18(13-21(22)23-15)20(24-25)14-19(16-8-4-2-5-9-16)17-10-6-3-7-11-17/h2-13,19,25H,14H2,1H3/b24-20+. The molecule has 0 aliphatic heterocycles. The number of rotatable bonds is 5. The molecular weight excluding hydrogens is 315 g/mol. The zero-order chi connectivity index (χ0) is 17.6. The van der Waals surface area contributed by atoms with E-state index in [9.17, 15) is 9.60 Å². The molecule has 0 unspecified atom stereocenters. The van der Waals surface area contributed by atoms with Crippen LogP contribution in [0.1, 0.15) is 34.7 Å². The third-order valence-corrected chi connectivity index (χ3v) is 4.18. The molecule has 1 N–H and O–H groups in total. The predicted molar refractivity (Wildman–Crippen MR) is 96.6 cm³/mol. The zero-order valence-electron chi connectivity index (χ0n) is 13.9. The Morgan fingerprint density at radius 2 is 1.56 bits per heavy atom. The molecule has 25 heavy (non-hydrogen) atoms. The first-order valence-corrected chi connectivity index (χ1v) is 8.13. The molecule has 0 aliphatic carbocycles. The van der Waals surface area contributed by atoms with Crippen LogP contribution in [0.2, 0.25) is 0 Å². The number of aryl methyl sites for hydroxylation is 1. The van der Waals surface area contributed by atoms with Crippen molar-refractivity contribution >= 4 is 5.71 Å². The number of pyridine rings is 1. The first kappa shape index (κ1) is 16.8. The minimum absolute atomic E-state index is 0.00447. The largest absolute Gasteiger partial charge is 0.411 e. The predicted octanol–water partition coefficient (Wildman–Crippen LogP) is 4.93. The van der Waals surface area contributed by atoms with Gasteiger partial charge in [0.1, 0.15) is 0 Å². The van der Waals surface area contributed by atoms with Crippen LogP contribution in [-0.2, 0) is 0 Å². The van der Waals surface area contributed by atoms with E-state index in [-0.39, 0.29) is 5.92 Å². The van der Waals surface area contributed by atoms with Crippen LogP contribution in [0.4, 0.5) is 4.39 Å². The molecule has 0 saturated heterocycles. The van der Waals surface area contributed by atoms with Gasteiger partial charge in [0.05, 0.1) is 5.71 Å². The maximum absolute atomic E-state index is 13.7. The Bertz CT molecular complexity index is 804. The lowest BCUT2D eigenvalue weighted by atomic mass is 9.85. The summed E-state index contributed by atoms with van der Waals surface area (Å²) in [5.74, 6) is -0.572. The van der Waals surface area contributed by atoms with Gasteiger partial charge in [-0.05, 0) is 24.1 Å². The molecule has 0 saturated carbocycles. The minimum atomic E-state index is -0.577. The molecule has 0 spiro atoms. The summed E-state index contributed by atoms with van der Waals surface area (Å²) in [5, 5.41) is 13.0. The van der Waals surface area contributed by atoms with Gasteiger partial charge in [0, 0.05) is 29.7 Å². The van der Waals surface area contributed by atoms with E-state index in [0.717, 1.165) is 11.1 Å². The fourth-order valence-electron chi connectivity index (χ4n) is 3.00. The summed E-state index contributed by atoms with van der Waals surface area (Å²) in [5.41, 5.74) is 3.75. The highest BCUT2D eigenvalue weighted by molar-refractivity contribution is 6.00. The van der Waals surface area contributed by atoms with Gasteiger partial charge in [-0.3, -0.25) is 0 Å². The van der Waals surface area contributed by atoms with Gasteiger partial charge in [0.2, 0.25) is 5.95 Å². The summed E-state index contributed by atoms with van der Waals surface area (Å²) < 4.78 is 13.7. The van der Waals surface area contributed by atoms with Gasteiger partial charge in [-0.2, -0.15) is 4.39 Å². The summed E-state index contributed by atoms with van der Waals surface area (Å²) in [6, 6.07) is 23.1. The van der Waals surface area contributed by atoms with Crippen molar-refractivity contribution in [2.24, 2.45) is 5.16 Å². The van der Waals surface area contributed by atoms with E-state index >= 15 is 0 Å². The molecule has 0 atom stereocenters. The lowest BCUT2D eigenvalue weighted by molar-refractivity contribution is 0.317. The van der Waals surface area contributed by atoms with Gasteiger partial charge in [-0.25, -0.2) is 4.98 Å².